The van der Waals surface area contributed by atoms with Crippen molar-refractivity contribution in [1.29, 1.82) is 0 Å². The van der Waals surface area contributed by atoms with Crippen molar-refractivity contribution in [3.63, 3.8) is 0 Å². The number of nitro groups is 2. The van der Waals surface area contributed by atoms with Gasteiger partial charge in [-0.15, -0.1) is 23.1 Å². The average Bonchev–Trinajstić information content (AvgIpc) is 2.97. The maximum Gasteiger partial charge on any atom is 0.268 e. The molecular formula is C11H16ClN7O4S2. The largest absolute Gasteiger partial charge is 0.375 e. The fraction of sp³-hybridized carbons (Fsp3) is 0.455. The molecule has 2 heterocycles. The minimum Gasteiger partial charge on any atom is -0.375 e. The Morgan fingerprint density at radius 1 is 1.56 bits per heavy atom. The van der Waals surface area contributed by atoms with Crippen LogP contribution in [0.4, 0.5) is 0 Å². The van der Waals surface area contributed by atoms with Gasteiger partial charge in [-0.1, -0.05) is 11.6 Å². The van der Waals surface area contributed by atoms with Gasteiger partial charge in [-0.25, -0.2) is 15.1 Å². The van der Waals surface area contributed by atoms with Gasteiger partial charge in [0.25, 0.3) is 12.2 Å². The molecule has 0 spiro atoms. The SMILES string of the molecule is CN/C(=N\[N+](=O)[O-])NCc1cnc(Cl)s1.O=[N+]([O-])/C=C1/NCCCS1. The Bertz CT molecular complexity index is 644. The zero-order chi connectivity index (χ0) is 18.7. The molecule has 3 N–H and O–H groups in total. The first-order valence-corrected chi connectivity index (χ1v) is 9.05. The second-order valence-corrected chi connectivity index (χ2v) is 7.11. The Labute approximate surface area is 156 Å². The molecule has 0 radical (unpaired) electrons. The quantitative estimate of drug-likeness (QED) is 0.290. The molecule has 25 heavy (non-hydrogen) atoms. The average molecular weight is 410 g/mol. The molecule has 2 rings (SSSR count). The van der Waals surface area contributed by atoms with Crippen LogP contribution >= 0.6 is 34.7 Å². The minimum atomic E-state index is -0.779. The van der Waals surface area contributed by atoms with E-state index in [-0.39, 0.29) is 5.96 Å². The molecule has 0 amide bonds. The summed E-state index contributed by atoms with van der Waals surface area (Å²) in [4.78, 5) is 24.3. The van der Waals surface area contributed by atoms with Gasteiger partial charge in [0.05, 0.1) is 11.5 Å². The lowest BCUT2D eigenvalue weighted by molar-refractivity contribution is -0.485. The maximum atomic E-state index is 10.1. The van der Waals surface area contributed by atoms with Crippen LogP contribution < -0.4 is 16.0 Å². The van der Waals surface area contributed by atoms with Crippen LogP contribution in [0.15, 0.2) is 22.5 Å². The van der Waals surface area contributed by atoms with Crippen LogP contribution in [-0.2, 0) is 6.54 Å². The van der Waals surface area contributed by atoms with Gasteiger partial charge < -0.3 is 16.0 Å². The smallest absolute Gasteiger partial charge is 0.268 e. The number of guanidine groups is 1. The number of halogens is 1. The van der Waals surface area contributed by atoms with E-state index in [2.05, 4.69) is 26.0 Å². The van der Waals surface area contributed by atoms with E-state index >= 15 is 0 Å². The van der Waals surface area contributed by atoms with Gasteiger partial charge in [0.15, 0.2) is 9.50 Å². The Kier molecular flexibility index (Phi) is 9.57. The van der Waals surface area contributed by atoms with E-state index in [1.54, 1.807) is 6.20 Å². The molecule has 1 aromatic heterocycles. The molecule has 0 saturated carbocycles. The summed E-state index contributed by atoms with van der Waals surface area (Å²) in [6, 6.07) is 0. The highest BCUT2D eigenvalue weighted by Gasteiger charge is 2.07. The van der Waals surface area contributed by atoms with E-state index in [1.165, 1.54) is 30.1 Å². The van der Waals surface area contributed by atoms with E-state index in [0.717, 1.165) is 29.8 Å². The Hall–Kier alpha value is -2.12. The molecule has 1 aromatic rings. The lowest BCUT2D eigenvalue weighted by Crippen LogP contribution is -2.34. The van der Waals surface area contributed by atoms with Crippen LogP contribution in [0.5, 0.6) is 0 Å². The van der Waals surface area contributed by atoms with Crippen LogP contribution in [0.3, 0.4) is 0 Å². The van der Waals surface area contributed by atoms with Crippen molar-refractivity contribution in [3.8, 4) is 0 Å². The van der Waals surface area contributed by atoms with Gasteiger partial charge in [-0.2, -0.15) is 0 Å². The third-order valence-electron chi connectivity index (χ3n) is 2.47. The number of hydrogen-bond donors (Lipinski definition) is 3. The fourth-order valence-corrected chi connectivity index (χ4v) is 3.28. The predicted molar refractivity (Wildman–Crippen MR) is 97.6 cm³/mol. The van der Waals surface area contributed by atoms with Gasteiger partial charge in [-0.05, 0) is 6.42 Å². The van der Waals surface area contributed by atoms with Crippen molar-refractivity contribution in [2.75, 3.05) is 19.3 Å². The van der Waals surface area contributed by atoms with Crippen molar-refractivity contribution >= 4 is 40.7 Å². The number of nitrogens with zero attached hydrogens (tertiary/aromatic N) is 4. The van der Waals surface area contributed by atoms with Crippen molar-refractivity contribution in [3.05, 3.63) is 47.0 Å². The number of aromatic nitrogens is 1. The van der Waals surface area contributed by atoms with Gasteiger partial charge >= 0.3 is 0 Å². The molecule has 11 nitrogen and oxygen atoms in total. The van der Waals surface area contributed by atoms with E-state index in [0.29, 0.717) is 16.0 Å². The second kappa shape index (κ2) is 11.4. The zero-order valence-electron chi connectivity index (χ0n) is 13.1. The summed E-state index contributed by atoms with van der Waals surface area (Å²) in [6.07, 6.45) is 3.70. The maximum absolute atomic E-state index is 10.1. The molecule has 1 saturated heterocycles. The normalized spacial score (nSPS) is 15.6. The Balaban J connectivity index is 0.000000271. The first-order chi connectivity index (χ1) is 11.9. The van der Waals surface area contributed by atoms with Crippen molar-refractivity contribution < 1.29 is 9.96 Å². The van der Waals surface area contributed by atoms with Crippen LogP contribution in [0.2, 0.25) is 4.47 Å². The van der Waals surface area contributed by atoms with Crippen LogP contribution in [-0.4, -0.2) is 40.2 Å². The van der Waals surface area contributed by atoms with Gasteiger partial charge in [0.2, 0.25) is 0 Å². The van der Waals surface area contributed by atoms with Gasteiger partial charge in [0.1, 0.15) is 10.1 Å². The highest BCUT2D eigenvalue weighted by atomic mass is 35.5. The Morgan fingerprint density at radius 3 is 2.80 bits per heavy atom. The van der Waals surface area contributed by atoms with Crippen molar-refractivity contribution in [2.45, 2.75) is 13.0 Å². The molecule has 0 unspecified atom stereocenters. The molecule has 1 fully saturated rings. The lowest BCUT2D eigenvalue weighted by Gasteiger charge is -2.12. The van der Waals surface area contributed by atoms with Crippen molar-refractivity contribution in [1.82, 2.24) is 20.9 Å². The van der Waals surface area contributed by atoms with E-state index in [9.17, 15) is 20.2 Å². The minimum absolute atomic E-state index is 0.0875. The van der Waals surface area contributed by atoms with E-state index in [4.69, 9.17) is 11.6 Å². The second-order valence-electron chi connectivity index (χ2n) is 4.28. The molecule has 0 aromatic carbocycles. The summed E-state index contributed by atoms with van der Waals surface area (Å²) in [5.41, 5.74) is 0. The first-order valence-electron chi connectivity index (χ1n) is 6.87. The van der Waals surface area contributed by atoms with Crippen LogP contribution in [0, 0.1) is 20.2 Å². The van der Waals surface area contributed by atoms with E-state index < -0.39 is 9.96 Å². The lowest BCUT2D eigenvalue weighted by atomic mass is 10.5. The third kappa shape index (κ3) is 9.69. The summed E-state index contributed by atoms with van der Waals surface area (Å²) in [5, 5.41) is 31.2. The highest BCUT2D eigenvalue weighted by Crippen LogP contribution is 2.17. The number of hydrogen-bond acceptors (Lipinski definition) is 8. The van der Waals surface area contributed by atoms with Crippen molar-refractivity contribution in [2.24, 2.45) is 5.10 Å². The summed E-state index contributed by atoms with van der Waals surface area (Å²) in [6.45, 7) is 1.24. The number of rotatable bonds is 4. The molecule has 1 aliphatic heterocycles. The molecule has 138 valence electrons. The molecule has 0 atom stereocenters. The van der Waals surface area contributed by atoms with Crippen LogP contribution in [0.25, 0.3) is 0 Å². The number of thioether (sulfide) groups is 1. The molecule has 0 bridgehead atoms. The summed E-state index contributed by atoms with van der Waals surface area (Å²) < 4.78 is 0.434. The number of hydrazone groups is 1. The third-order valence-corrected chi connectivity index (χ3v) is 4.64. The number of nitrogens with one attached hydrogen (secondary N) is 3. The number of thiazole rings is 1. The predicted octanol–water partition coefficient (Wildman–Crippen LogP) is 1.44. The van der Waals surface area contributed by atoms with Gasteiger partial charge in [-0.3, -0.25) is 10.1 Å². The summed E-state index contributed by atoms with van der Waals surface area (Å²) in [7, 11) is 1.54. The molecule has 0 aliphatic carbocycles. The highest BCUT2D eigenvalue weighted by molar-refractivity contribution is 8.03. The standard InChI is InChI=1S/C6H8ClN5O2S.C5H8N2O2S/c1-8-6(11-12(13)14)10-3-4-2-9-5(7)15-4;8-7(9)4-5-6-2-1-3-10-5/h2H,3H2,1H3,(H2,8,10,11);4,6H,1-3H2/b;5-4-. The molecular weight excluding hydrogens is 394 g/mol. The van der Waals surface area contributed by atoms with Gasteiger partial charge in [0, 0.05) is 30.4 Å². The zero-order valence-corrected chi connectivity index (χ0v) is 15.5. The summed E-state index contributed by atoms with van der Waals surface area (Å²) in [5.74, 6) is 1.07. The monoisotopic (exact) mass is 409 g/mol. The molecule has 1 aliphatic rings. The fourth-order valence-electron chi connectivity index (χ4n) is 1.49. The van der Waals surface area contributed by atoms with E-state index in [1.807, 2.05) is 0 Å². The Morgan fingerprint density at radius 2 is 2.32 bits per heavy atom. The molecule has 14 heteroatoms. The van der Waals surface area contributed by atoms with Crippen LogP contribution in [0.1, 0.15) is 11.3 Å². The summed E-state index contributed by atoms with van der Waals surface area (Å²) >= 11 is 8.42. The topological polar surface area (TPSA) is 148 Å². The first kappa shape index (κ1) is 20.9.